The third kappa shape index (κ3) is 4.92. The number of amides is 1. The van der Waals surface area contributed by atoms with Crippen molar-refractivity contribution in [1.82, 2.24) is 9.55 Å². The molecule has 1 aromatic heterocycles. The fourth-order valence-corrected chi connectivity index (χ4v) is 3.94. The Hall–Kier alpha value is -2.62. The second-order valence-electron chi connectivity index (χ2n) is 6.27. The Morgan fingerprint density at radius 2 is 2.03 bits per heavy atom. The lowest BCUT2D eigenvalue weighted by atomic mass is 10.2. The first kappa shape index (κ1) is 22.1. The van der Waals surface area contributed by atoms with Crippen LogP contribution in [0.25, 0.3) is 10.9 Å². The van der Waals surface area contributed by atoms with Crippen LogP contribution in [0.15, 0.2) is 46.3 Å². The van der Waals surface area contributed by atoms with Crippen molar-refractivity contribution in [2.45, 2.75) is 25.0 Å². The van der Waals surface area contributed by atoms with Gasteiger partial charge in [0.1, 0.15) is 5.02 Å². The number of hydrogen-bond donors (Lipinski definition) is 1. The van der Waals surface area contributed by atoms with Crippen LogP contribution < -0.4 is 10.9 Å². The van der Waals surface area contributed by atoms with Crippen molar-refractivity contribution < 1.29 is 9.72 Å². The number of nitro benzene ring substituents is 1. The summed E-state index contributed by atoms with van der Waals surface area (Å²) in [6.45, 7) is 2.39. The Bertz CT molecular complexity index is 1200. The van der Waals surface area contributed by atoms with Crippen molar-refractivity contribution in [3.8, 4) is 0 Å². The van der Waals surface area contributed by atoms with Gasteiger partial charge in [0.2, 0.25) is 5.91 Å². The average molecular weight is 467 g/mol. The van der Waals surface area contributed by atoms with Crippen molar-refractivity contribution in [2.75, 3.05) is 11.1 Å². The molecule has 0 saturated carbocycles. The lowest BCUT2D eigenvalue weighted by Gasteiger charge is -2.12. The summed E-state index contributed by atoms with van der Waals surface area (Å²) < 4.78 is 1.53. The Labute approximate surface area is 185 Å². The molecule has 1 N–H and O–H groups in total. The third-order valence-corrected chi connectivity index (χ3v) is 5.62. The molecule has 8 nitrogen and oxygen atoms in total. The van der Waals surface area contributed by atoms with E-state index in [0.717, 1.165) is 18.2 Å². The molecule has 30 heavy (non-hydrogen) atoms. The van der Waals surface area contributed by atoms with E-state index in [-0.39, 0.29) is 27.7 Å². The molecule has 0 spiro atoms. The van der Waals surface area contributed by atoms with Gasteiger partial charge in [-0.15, -0.1) is 0 Å². The molecule has 0 atom stereocenters. The first-order valence-corrected chi connectivity index (χ1v) is 10.6. The zero-order valence-electron chi connectivity index (χ0n) is 15.7. The molecule has 3 aromatic rings. The molecule has 0 fully saturated rings. The van der Waals surface area contributed by atoms with Crippen LogP contribution in [0, 0.1) is 10.1 Å². The van der Waals surface area contributed by atoms with Gasteiger partial charge in [-0.1, -0.05) is 41.9 Å². The number of carbonyl (C=O) groups excluding carboxylic acids is 1. The van der Waals surface area contributed by atoms with Gasteiger partial charge in [0.25, 0.3) is 11.2 Å². The number of nitrogens with one attached hydrogen (secondary N) is 1. The number of thioether (sulfide) groups is 1. The monoisotopic (exact) mass is 466 g/mol. The largest absolute Gasteiger partial charge is 0.325 e. The number of halogens is 2. The van der Waals surface area contributed by atoms with Gasteiger partial charge in [0.05, 0.1) is 21.6 Å². The van der Waals surface area contributed by atoms with Crippen LogP contribution in [-0.4, -0.2) is 26.1 Å². The van der Waals surface area contributed by atoms with Crippen molar-refractivity contribution in [3.63, 3.8) is 0 Å². The van der Waals surface area contributed by atoms with Crippen molar-refractivity contribution in [2.24, 2.45) is 0 Å². The summed E-state index contributed by atoms with van der Waals surface area (Å²) >= 11 is 12.9. The van der Waals surface area contributed by atoms with Gasteiger partial charge in [-0.25, -0.2) is 4.98 Å². The molecule has 3 rings (SSSR count). The number of rotatable bonds is 7. The molecular formula is C19H16Cl2N4O4S. The second kappa shape index (κ2) is 9.46. The molecule has 0 saturated heterocycles. The van der Waals surface area contributed by atoms with E-state index in [1.165, 1.54) is 22.8 Å². The van der Waals surface area contributed by atoms with Gasteiger partial charge in [-0.2, -0.15) is 0 Å². The fourth-order valence-electron chi connectivity index (χ4n) is 2.76. The summed E-state index contributed by atoms with van der Waals surface area (Å²) in [4.78, 5) is 40.0. The summed E-state index contributed by atoms with van der Waals surface area (Å²) in [5.74, 6) is -0.446. The maximum atomic E-state index is 12.8. The van der Waals surface area contributed by atoms with Gasteiger partial charge >= 0.3 is 0 Å². The number of benzene rings is 2. The van der Waals surface area contributed by atoms with Gasteiger partial charge in [0, 0.05) is 23.3 Å². The molecule has 0 aliphatic rings. The SMILES string of the molecule is CCCn1c(SCC(=O)Nc2ccc(Cl)c([N+](=O)[O-])c2)nc2cc(Cl)ccc2c1=O. The molecule has 0 unspecified atom stereocenters. The normalized spacial score (nSPS) is 10.9. The van der Waals surface area contributed by atoms with E-state index >= 15 is 0 Å². The molecule has 2 aromatic carbocycles. The van der Waals surface area contributed by atoms with E-state index in [9.17, 15) is 19.7 Å². The fraction of sp³-hybridized carbons (Fsp3) is 0.211. The molecule has 1 heterocycles. The first-order valence-electron chi connectivity index (χ1n) is 8.87. The minimum absolute atomic E-state index is 0.0185. The van der Waals surface area contributed by atoms with Crippen molar-refractivity contribution >= 4 is 63.1 Å². The Balaban J connectivity index is 1.81. The summed E-state index contributed by atoms with van der Waals surface area (Å²) in [7, 11) is 0. The van der Waals surface area contributed by atoms with Crippen LogP contribution in [0.1, 0.15) is 13.3 Å². The van der Waals surface area contributed by atoms with Gasteiger partial charge < -0.3 is 5.32 Å². The zero-order valence-corrected chi connectivity index (χ0v) is 18.1. The van der Waals surface area contributed by atoms with Crippen molar-refractivity contribution in [1.29, 1.82) is 0 Å². The summed E-state index contributed by atoms with van der Waals surface area (Å²) in [6.07, 6.45) is 0.717. The highest BCUT2D eigenvalue weighted by molar-refractivity contribution is 7.99. The van der Waals surface area contributed by atoms with Crippen LogP contribution in [0.4, 0.5) is 11.4 Å². The quantitative estimate of drug-likeness (QED) is 0.233. The standard InChI is InChI=1S/C19H16Cl2N4O4S/c1-2-7-24-18(27)13-5-3-11(20)8-15(13)23-19(24)30-10-17(26)22-12-4-6-14(21)16(9-12)25(28)29/h3-6,8-9H,2,7,10H2,1H3,(H,22,26). The number of nitro groups is 1. The topological polar surface area (TPSA) is 107 Å². The van der Waals surface area contributed by atoms with Gasteiger partial charge in [-0.05, 0) is 36.8 Å². The van der Waals surface area contributed by atoms with E-state index in [0.29, 0.717) is 27.6 Å². The predicted octanol–water partition coefficient (Wildman–Crippen LogP) is 4.75. The number of fused-ring (bicyclic) bond motifs is 1. The van der Waals surface area contributed by atoms with Gasteiger partial charge in [0.15, 0.2) is 5.16 Å². The molecule has 0 bridgehead atoms. The molecule has 1 amide bonds. The summed E-state index contributed by atoms with van der Waals surface area (Å²) in [6, 6.07) is 8.87. The van der Waals surface area contributed by atoms with Crippen LogP contribution in [-0.2, 0) is 11.3 Å². The number of hydrogen-bond acceptors (Lipinski definition) is 6. The number of nitrogens with zero attached hydrogens (tertiary/aromatic N) is 3. The van der Waals surface area contributed by atoms with Crippen LogP contribution >= 0.6 is 35.0 Å². The second-order valence-corrected chi connectivity index (χ2v) is 8.06. The van der Waals surface area contributed by atoms with Crippen LogP contribution in [0.2, 0.25) is 10.0 Å². The predicted molar refractivity (Wildman–Crippen MR) is 119 cm³/mol. The van der Waals surface area contributed by atoms with E-state index in [2.05, 4.69) is 10.3 Å². The van der Waals surface area contributed by atoms with Crippen LogP contribution in [0.3, 0.4) is 0 Å². The van der Waals surface area contributed by atoms with E-state index in [1.54, 1.807) is 18.2 Å². The van der Waals surface area contributed by atoms with E-state index in [4.69, 9.17) is 23.2 Å². The minimum Gasteiger partial charge on any atom is -0.325 e. The average Bonchev–Trinajstić information content (AvgIpc) is 2.70. The number of aromatic nitrogens is 2. The Kier molecular flexibility index (Phi) is 6.96. The zero-order chi connectivity index (χ0) is 21.8. The van der Waals surface area contributed by atoms with Crippen molar-refractivity contribution in [3.05, 3.63) is 66.9 Å². The Morgan fingerprint density at radius 3 is 2.73 bits per heavy atom. The van der Waals surface area contributed by atoms with Gasteiger partial charge in [-0.3, -0.25) is 24.3 Å². The summed E-state index contributed by atoms with van der Waals surface area (Å²) in [5.41, 5.74) is 0.207. The molecular weight excluding hydrogens is 451 g/mol. The highest BCUT2D eigenvalue weighted by Gasteiger charge is 2.16. The maximum absolute atomic E-state index is 12.8. The molecule has 0 radical (unpaired) electrons. The highest BCUT2D eigenvalue weighted by atomic mass is 35.5. The Morgan fingerprint density at radius 1 is 1.27 bits per heavy atom. The smallest absolute Gasteiger partial charge is 0.289 e. The van der Waals surface area contributed by atoms with E-state index < -0.39 is 10.8 Å². The molecule has 0 aliphatic heterocycles. The maximum Gasteiger partial charge on any atom is 0.289 e. The van der Waals surface area contributed by atoms with Crippen LogP contribution in [0.5, 0.6) is 0 Å². The number of carbonyl (C=O) groups is 1. The number of anilines is 1. The van der Waals surface area contributed by atoms with E-state index in [1.807, 2.05) is 6.92 Å². The first-order chi connectivity index (χ1) is 14.3. The minimum atomic E-state index is -0.625. The molecule has 0 aliphatic carbocycles. The third-order valence-electron chi connectivity index (χ3n) is 4.09. The molecule has 156 valence electrons. The highest BCUT2D eigenvalue weighted by Crippen LogP contribution is 2.27. The lowest BCUT2D eigenvalue weighted by molar-refractivity contribution is -0.384. The lowest BCUT2D eigenvalue weighted by Crippen LogP contribution is -2.24. The summed E-state index contributed by atoms with van der Waals surface area (Å²) in [5, 5.41) is 14.9. The molecule has 11 heteroatoms.